The van der Waals surface area contributed by atoms with Gasteiger partial charge in [-0.05, 0) is 19.1 Å². The number of pyridine rings is 1. The Morgan fingerprint density at radius 2 is 1.93 bits per heavy atom. The summed E-state index contributed by atoms with van der Waals surface area (Å²) in [6.45, 7) is 5.07. The molecule has 1 amide bonds. The van der Waals surface area contributed by atoms with Gasteiger partial charge in [-0.25, -0.2) is 17.9 Å². The van der Waals surface area contributed by atoms with Gasteiger partial charge in [-0.1, -0.05) is 0 Å². The summed E-state index contributed by atoms with van der Waals surface area (Å²) >= 11 is 0. The first-order chi connectivity index (χ1) is 13.0. The highest BCUT2D eigenvalue weighted by Gasteiger charge is 2.23. The number of aliphatic imine (C=N–C) groups is 1. The summed E-state index contributed by atoms with van der Waals surface area (Å²) in [7, 11) is -1.91. The van der Waals surface area contributed by atoms with Crippen molar-refractivity contribution in [3.8, 4) is 0 Å². The second-order valence-corrected chi connectivity index (χ2v) is 7.50. The minimum absolute atomic E-state index is 0. The zero-order valence-corrected chi connectivity index (χ0v) is 19.1. The number of hydrogen-bond donors (Lipinski definition) is 2. The van der Waals surface area contributed by atoms with Crippen LogP contribution in [-0.2, 0) is 14.8 Å². The van der Waals surface area contributed by atoms with E-state index >= 15 is 0 Å². The second-order valence-electron chi connectivity index (χ2n) is 5.73. The van der Waals surface area contributed by atoms with Gasteiger partial charge >= 0.3 is 6.09 Å². The van der Waals surface area contributed by atoms with Crippen LogP contribution in [0.3, 0.4) is 0 Å². The molecule has 1 aromatic heterocycles. The van der Waals surface area contributed by atoms with Crippen LogP contribution in [0.2, 0.25) is 0 Å². The molecule has 0 atom stereocenters. The van der Waals surface area contributed by atoms with Crippen LogP contribution in [0.25, 0.3) is 0 Å². The van der Waals surface area contributed by atoms with Crippen LogP contribution in [0.15, 0.2) is 34.4 Å². The number of nitrogens with zero attached hydrogens (tertiary/aromatic N) is 4. The summed E-state index contributed by atoms with van der Waals surface area (Å²) in [4.78, 5) is 23.6. The van der Waals surface area contributed by atoms with E-state index in [2.05, 4.69) is 20.0 Å². The molecule has 2 N–H and O–H groups in total. The number of carbonyl (C=O) groups excluding carboxylic acids is 1. The lowest BCUT2D eigenvalue weighted by Gasteiger charge is -2.35. The fraction of sp³-hybridized carbons (Fsp3) is 0.562. The first kappa shape index (κ1) is 24.4. The van der Waals surface area contributed by atoms with Crippen LogP contribution in [0.1, 0.15) is 6.92 Å². The topological polar surface area (TPSA) is 116 Å². The highest BCUT2D eigenvalue weighted by molar-refractivity contribution is 14.0. The van der Waals surface area contributed by atoms with E-state index in [0.717, 1.165) is 0 Å². The Morgan fingerprint density at radius 1 is 1.25 bits per heavy atom. The van der Waals surface area contributed by atoms with Crippen molar-refractivity contribution in [3.05, 3.63) is 24.5 Å². The number of aromatic nitrogens is 1. The second kappa shape index (κ2) is 12.0. The normalized spacial score (nSPS) is 15.0. The molecule has 0 radical (unpaired) electrons. The fourth-order valence-electron chi connectivity index (χ4n) is 2.60. The highest BCUT2D eigenvalue weighted by Crippen LogP contribution is 2.05. The van der Waals surface area contributed by atoms with E-state index in [9.17, 15) is 13.2 Å². The lowest BCUT2D eigenvalue weighted by molar-refractivity contribution is 0.0915. The number of piperazine rings is 1. The molecule has 1 saturated heterocycles. The summed E-state index contributed by atoms with van der Waals surface area (Å²) in [5.41, 5.74) is 0. The molecule has 1 aliphatic rings. The Balaban J connectivity index is 0.00000392. The van der Waals surface area contributed by atoms with Crippen molar-refractivity contribution in [2.45, 2.75) is 11.8 Å². The summed E-state index contributed by atoms with van der Waals surface area (Å²) in [5.74, 6) is 0.666. The summed E-state index contributed by atoms with van der Waals surface area (Å²) < 4.78 is 31.8. The van der Waals surface area contributed by atoms with Crippen molar-refractivity contribution in [1.82, 2.24) is 24.8 Å². The van der Waals surface area contributed by atoms with Gasteiger partial charge in [0.2, 0.25) is 10.0 Å². The standard InChI is InChI=1S/C16H26N6O4S.HI/c1-3-26-16(23)22-11-9-21(10-12-22)15(17-2)19-7-8-20-27(24,25)14-5-4-6-18-13-14;/h4-6,13,20H,3,7-12H2,1-2H3,(H,17,19);1H. The van der Waals surface area contributed by atoms with Crippen LogP contribution in [0, 0.1) is 0 Å². The molecule has 1 aromatic rings. The molecule has 0 saturated carbocycles. The minimum atomic E-state index is -3.58. The third kappa shape index (κ3) is 7.05. The van der Waals surface area contributed by atoms with Crippen molar-refractivity contribution in [1.29, 1.82) is 0 Å². The molecule has 0 aliphatic carbocycles. The van der Waals surface area contributed by atoms with Crippen molar-refractivity contribution < 1.29 is 17.9 Å². The average Bonchev–Trinajstić information content (AvgIpc) is 2.69. The molecule has 28 heavy (non-hydrogen) atoms. The van der Waals surface area contributed by atoms with Gasteiger partial charge in [0.25, 0.3) is 0 Å². The molecule has 2 heterocycles. The third-order valence-corrected chi connectivity index (χ3v) is 5.41. The Bertz CT molecular complexity index is 739. The molecule has 1 aliphatic heterocycles. The fourth-order valence-corrected chi connectivity index (χ4v) is 3.59. The van der Waals surface area contributed by atoms with Crippen molar-refractivity contribution >= 4 is 46.1 Å². The maximum Gasteiger partial charge on any atom is 0.409 e. The number of amides is 1. The monoisotopic (exact) mass is 526 g/mol. The predicted octanol–water partition coefficient (Wildman–Crippen LogP) is 0.327. The van der Waals surface area contributed by atoms with Crippen molar-refractivity contribution in [2.75, 3.05) is 52.9 Å². The number of halogens is 1. The lowest BCUT2D eigenvalue weighted by atomic mass is 10.3. The summed E-state index contributed by atoms with van der Waals surface area (Å²) in [5, 5.41) is 3.13. The van der Waals surface area contributed by atoms with Gasteiger partial charge in [0.1, 0.15) is 4.90 Å². The van der Waals surface area contributed by atoms with E-state index in [-0.39, 0.29) is 41.5 Å². The van der Waals surface area contributed by atoms with Crippen LogP contribution in [-0.4, -0.2) is 88.2 Å². The number of ether oxygens (including phenoxy) is 1. The summed E-state index contributed by atoms with van der Waals surface area (Å²) in [6.07, 6.45) is 2.52. The first-order valence-corrected chi connectivity index (χ1v) is 10.2. The Labute approximate surface area is 182 Å². The molecule has 0 bridgehead atoms. The molecule has 10 nitrogen and oxygen atoms in total. The minimum Gasteiger partial charge on any atom is -0.450 e. The van der Waals surface area contributed by atoms with E-state index in [1.165, 1.54) is 18.5 Å². The molecule has 12 heteroatoms. The predicted molar refractivity (Wildman–Crippen MR) is 116 cm³/mol. The van der Waals surface area contributed by atoms with E-state index < -0.39 is 10.0 Å². The zero-order chi connectivity index (χ0) is 19.7. The van der Waals surface area contributed by atoms with Crippen LogP contribution in [0.5, 0.6) is 0 Å². The van der Waals surface area contributed by atoms with Crippen LogP contribution >= 0.6 is 24.0 Å². The molecular formula is C16H27IN6O4S. The quantitative estimate of drug-likeness (QED) is 0.238. The van der Waals surface area contributed by atoms with Gasteiger partial charge in [-0.2, -0.15) is 0 Å². The maximum absolute atomic E-state index is 12.1. The van der Waals surface area contributed by atoms with Crippen LogP contribution in [0.4, 0.5) is 4.79 Å². The SMILES string of the molecule is CCOC(=O)N1CCN(C(=NC)NCCNS(=O)(=O)c2cccnc2)CC1.I. The van der Waals surface area contributed by atoms with Crippen molar-refractivity contribution in [2.24, 2.45) is 4.99 Å². The number of sulfonamides is 1. The molecule has 1 fully saturated rings. The first-order valence-electron chi connectivity index (χ1n) is 8.75. The summed E-state index contributed by atoms with van der Waals surface area (Å²) in [6, 6.07) is 3.06. The number of hydrogen-bond acceptors (Lipinski definition) is 6. The number of carbonyl (C=O) groups is 1. The lowest BCUT2D eigenvalue weighted by Crippen LogP contribution is -2.54. The highest BCUT2D eigenvalue weighted by atomic mass is 127. The Kier molecular flexibility index (Phi) is 10.5. The molecule has 158 valence electrons. The van der Waals surface area contributed by atoms with Crippen LogP contribution < -0.4 is 10.0 Å². The van der Waals surface area contributed by atoms with Gasteiger partial charge in [0.05, 0.1) is 6.61 Å². The largest absolute Gasteiger partial charge is 0.450 e. The van der Waals surface area contributed by atoms with E-state index in [1.807, 2.05) is 4.90 Å². The zero-order valence-electron chi connectivity index (χ0n) is 16.0. The Morgan fingerprint density at radius 3 is 2.50 bits per heavy atom. The smallest absolute Gasteiger partial charge is 0.409 e. The van der Waals surface area contributed by atoms with Gasteiger partial charge < -0.3 is 19.9 Å². The average molecular weight is 526 g/mol. The Hall–Kier alpha value is -1.67. The van der Waals surface area contributed by atoms with E-state index in [1.54, 1.807) is 24.9 Å². The number of rotatable bonds is 6. The third-order valence-electron chi connectivity index (χ3n) is 3.96. The van der Waals surface area contributed by atoms with Crippen molar-refractivity contribution in [3.63, 3.8) is 0 Å². The molecule has 0 aromatic carbocycles. The van der Waals surface area contributed by atoms with E-state index in [4.69, 9.17) is 4.74 Å². The number of nitrogens with one attached hydrogen (secondary N) is 2. The molecule has 0 spiro atoms. The molecular weight excluding hydrogens is 499 g/mol. The molecule has 0 unspecified atom stereocenters. The van der Waals surface area contributed by atoms with E-state index in [0.29, 0.717) is 45.3 Å². The van der Waals surface area contributed by atoms with Gasteiger partial charge in [0, 0.05) is 58.7 Å². The maximum atomic E-state index is 12.1. The van der Waals surface area contributed by atoms with Gasteiger partial charge in [0.15, 0.2) is 5.96 Å². The van der Waals surface area contributed by atoms with Gasteiger partial charge in [-0.15, -0.1) is 24.0 Å². The number of guanidine groups is 1. The molecule has 2 rings (SSSR count). The van der Waals surface area contributed by atoms with Gasteiger partial charge in [-0.3, -0.25) is 9.98 Å².